The summed E-state index contributed by atoms with van der Waals surface area (Å²) in [4.78, 5) is 5.07. The van der Waals surface area contributed by atoms with Crippen molar-refractivity contribution in [1.82, 2.24) is 9.55 Å². The third kappa shape index (κ3) is 2.14. The van der Waals surface area contributed by atoms with Crippen LogP contribution in [0.5, 0.6) is 0 Å². The Balaban J connectivity index is 2.03. The van der Waals surface area contributed by atoms with Gasteiger partial charge in [-0.25, -0.2) is 4.98 Å². The van der Waals surface area contributed by atoms with Gasteiger partial charge in [-0.15, -0.1) is 0 Å². The predicted molar refractivity (Wildman–Crippen MR) is 74.1 cm³/mol. The Hall–Kier alpha value is -2.43. The van der Waals surface area contributed by atoms with Crippen molar-refractivity contribution >= 4 is 11.9 Å². The summed E-state index contributed by atoms with van der Waals surface area (Å²) in [6.45, 7) is 0. The zero-order chi connectivity index (χ0) is 13.2. The van der Waals surface area contributed by atoms with Gasteiger partial charge in [0.05, 0.1) is 11.9 Å². The summed E-state index contributed by atoms with van der Waals surface area (Å²) in [6, 6.07) is 9.97. The van der Waals surface area contributed by atoms with Crippen molar-refractivity contribution in [3.05, 3.63) is 47.4 Å². The van der Waals surface area contributed by atoms with E-state index in [9.17, 15) is 5.21 Å². The lowest BCUT2D eigenvalue weighted by molar-refractivity contribution is -0.460. The third-order valence-electron chi connectivity index (χ3n) is 3.20. The Morgan fingerprint density at radius 1 is 1.26 bits per heavy atom. The van der Waals surface area contributed by atoms with Crippen LogP contribution in [0.15, 0.2) is 41.6 Å². The first-order chi connectivity index (χ1) is 9.25. The molecule has 2 heterocycles. The molecule has 1 aromatic carbocycles. The van der Waals surface area contributed by atoms with Crippen LogP contribution in [0.4, 0.5) is 0 Å². The van der Waals surface area contributed by atoms with E-state index in [4.69, 9.17) is 0 Å². The van der Waals surface area contributed by atoms with Crippen molar-refractivity contribution in [2.24, 2.45) is 12.1 Å². The average molecular weight is 254 g/mol. The fraction of sp³-hybridized carbons (Fsp3) is 0.214. The molecular formula is C14H14N4O. The maximum atomic E-state index is 11.3. The minimum absolute atomic E-state index is 0.633. The highest BCUT2D eigenvalue weighted by Crippen LogP contribution is 2.20. The second kappa shape index (κ2) is 4.68. The van der Waals surface area contributed by atoms with Crippen molar-refractivity contribution in [3.63, 3.8) is 0 Å². The van der Waals surface area contributed by atoms with Crippen LogP contribution in [-0.2, 0) is 7.05 Å². The lowest BCUT2D eigenvalue weighted by atomic mass is 10.1. The van der Waals surface area contributed by atoms with Gasteiger partial charge in [0.15, 0.2) is 6.21 Å². The molecule has 3 rings (SSSR count). The molecule has 0 N–H and O–H groups in total. The lowest BCUT2D eigenvalue weighted by Crippen LogP contribution is -2.15. The minimum Gasteiger partial charge on any atom is -0.595 e. The molecule has 0 atom stereocenters. The molecule has 19 heavy (non-hydrogen) atoms. The Morgan fingerprint density at radius 3 is 2.79 bits per heavy atom. The van der Waals surface area contributed by atoms with Crippen molar-refractivity contribution in [1.29, 1.82) is 0 Å². The molecule has 2 aromatic rings. The first kappa shape index (κ1) is 11.6. The highest BCUT2D eigenvalue weighted by molar-refractivity contribution is 6.00. The molecular weight excluding hydrogens is 240 g/mol. The van der Waals surface area contributed by atoms with Crippen LogP contribution in [0.1, 0.15) is 18.5 Å². The van der Waals surface area contributed by atoms with Crippen LogP contribution in [0.3, 0.4) is 0 Å². The molecule has 0 amide bonds. The molecule has 0 spiro atoms. The van der Waals surface area contributed by atoms with E-state index in [0.717, 1.165) is 29.2 Å². The molecule has 0 bridgehead atoms. The molecule has 1 aliphatic rings. The zero-order valence-electron chi connectivity index (χ0n) is 10.7. The molecule has 1 aromatic heterocycles. The van der Waals surface area contributed by atoms with Gasteiger partial charge in [0, 0.05) is 30.6 Å². The van der Waals surface area contributed by atoms with Crippen molar-refractivity contribution < 1.29 is 4.85 Å². The van der Waals surface area contributed by atoms with Gasteiger partial charge >= 0.3 is 0 Å². The van der Waals surface area contributed by atoms with Gasteiger partial charge in [-0.2, -0.15) is 0 Å². The molecule has 0 saturated carbocycles. The topological polar surface area (TPSA) is 56.2 Å². The normalized spacial score (nSPS) is 15.0. The van der Waals surface area contributed by atoms with E-state index in [0.29, 0.717) is 11.3 Å². The number of imidazole rings is 1. The summed E-state index contributed by atoms with van der Waals surface area (Å²) in [5, 5.41) is 15.3. The van der Waals surface area contributed by atoms with Crippen LogP contribution in [0.25, 0.3) is 11.4 Å². The fourth-order valence-electron chi connectivity index (χ4n) is 2.23. The molecule has 0 saturated heterocycles. The van der Waals surface area contributed by atoms with Gasteiger partial charge in [0.25, 0.3) is 0 Å². The number of aromatic nitrogens is 2. The number of rotatable bonds is 2. The van der Waals surface area contributed by atoms with Crippen LogP contribution in [0.2, 0.25) is 0 Å². The number of nitrogens with zero attached hydrogens (tertiary/aromatic N) is 4. The first-order valence-electron chi connectivity index (χ1n) is 6.20. The summed E-state index contributed by atoms with van der Waals surface area (Å²) in [7, 11) is 1.95. The second-order valence-corrected chi connectivity index (χ2v) is 4.46. The monoisotopic (exact) mass is 254 g/mol. The van der Waals surface area contributed by atoms with Gasteiger partial charge in [0.1, 0.15) is 11.5 Å². The summed E-state index contributed by atoms with van der Waals surface area (Å²) in [5.74, 6) is 0.880. The van der Waals surface area contributed by atoms with E-state index in [-0.39, 0.29) is 0 Å². The van der Waals surface area contributed by atoms with E-state index in [2.05, 4.69) is 10.1 Å². The van der Waals surface area contributed by atoms with Crippen molar-refractivity contribution in [3.8, 4) is 11.4 Å². The SMILES string of the molecule is Cn1c(C2=N[N+]([O-])=CCC2)cnc1-c1ccccc1. The smallest absolute Gasteiger partial charge is 0.187 e. The quantitative estimate of drug-likeness (QED) is 0.609. The zero-order valence-corrected chi connectivity index (χ0v) is 10.7. The summed E-state index contributed by atoms with van der Waals surface area (Å²) in [5.41, 5.74) is 2.74. The van der Waals surface area contributed by atoms with Crippen LogP contribution < -0.4 is 0 Å². The number of hydrogen-bond acceptors (Lipinski definition) is 3. The van der Waals surface area contributed by atoms with E-state index in [1.807, 2.05) is 41.9 Å². The average Bonchev–Trinajstić information content (AvgIpc) is 2.81. The molecule has 96 valence electrons. The Labute approximate surface area is 111 Å². The fourth-order valence-corrected chi connectivity index (χ4v) is 2.23. The molecule has 1 aliphatic heterocycles. The maximum Gasteiger partial charge on any atom is 0.187 e. The Bertz CT molecular complexity index is 655. The number of hydrazone groups is 1. The highest BCUT2D eigenvalue weighted by Gasteiger charge is 2.17. The summed E-state index contributed by atoms with van der Waals surface area (Å²) in [6.07, 6.45) is 4.80. The molecule has 5 nitrogen and oxygen atoms in total. The largest absolute Gasteiger partial charge is 0.595 e. The molecule has 0 radical (unpaired) electrons. The lowest BCUT2D eigenvalue weighted by Gasteiger charge is -2.09. The second-order valence-electron chi connectivity index (χ2n) is 4.46. The predicted octanol–water partition coefficient (Wildman–Crippen LogP) is 2.17. The van der Waals surface area contributed by atoms with Gasteiger partial charge < -0.3 is 9.77 Å². The minimum atomic E-state index is 0.633. The Kier molecular flexibility index (Phi) is 2.87. The first-order valence-corrected chi connectivity index (χ1v) is 6.20. The van der Waals surface area contributed by atoms with Crippen LogP contribution in [-0.4, -0.2) is 26.3 Å². The molecule has 5 heteroatoms. The van der Waals surface area contributed by atoms with E-state index >= 15 is 0 Å². The van der Waals surface area contributed by atoms with Gasteiger partial charge in [-0.1, -0.05) is 35.2 Å². The van der Waals surface area contributed by atoms with Crippen LogP contribution in [0, 0.1) is 5.21 Å². The van der Waals surface area contributed by atoms with E-state index < -0.39 is 0 Å². The van der Waals surface area contributed by atoms with Crippen LogP contribution >= 0.6 is 0 Å². The number of hydrogen-bond donors (Lipinski definition) is 0. The Morgan fingerprint density at radius 2 is 2.05 bits per heavy atom. The highest BCUT2D eigenvalue weighted by atomic mass is 16.5. The molecule has 0 fully saturated rings. The molecule has 0 unspecified atom stereocenters. The van der Waals surface area contributed by atoms with Crippen molar-refractivity contribution in [2.75, 3.05) is 0 Å². The molecule has 0 aliphatic carbocycles. The van der Waals surface area contributed by atoms with E-state index in [1.165, 1.54) is 6.21 Å². The standard InChI is InChI=1S/C14H14N4O/c1-17-13(12-8-5-9-18(19)16-12)10-15-14(17)11-6-3-2-4-7-11/h2-4,6-7,9-10H,5,8H2,1H3. The summed E-state index contributed by atoms with van der Waals surface area (Å²) >= 11 is 0. The van der Waals surface area contributed by atoms with Gasteiger partial charge in [-0.3, -0.25) is 0 Å². The van der Waals surface area contributed by atoms with E-state index in [1.54, 1.807) is 6.20 Å². The number of benzene rings is 1. The van der Waals surface area contributed by atoms with Gasteiger partial charge in [0.2, 0.25) is 0 Å². The summed E-state index contributed by atoms with van der Waals surface area (Å²) < 4.78 is 1.98. The van der Waals surface area contributed by atoms with Gasteiger partial charge in [-0.05, 0) is 0 Å². The third-order valence-corrected chi connectivity index (χ3v) is 3.20. The van der Waals surface area contributed by atoms with Crippen molar-refractivity contribution in [2.45, 2.75) is 12.8 Å². The maximum absolute atomic E-state index is 11.3.